The predicted molar refractivity (Wildman–Crippen MR) is 106 cm³/mol. The normalized spacial score (nSPS) is 10.6. The van der Waals surface area contributed by atoms with Crippen LogP contribution in [0.2, 0.25) is 0 Å². The van der Waals surface area contributed by atoms with E-state index in [0.717, 1.165) is 20.5 Å². The van der Waals surface area contributed by atoms with E-state index < -0.39 is 0 Å². The summed E-state index contributed by atoms with van der Waals surface area (Å²) < 4.78 is 12.9. The van der Waals surface area contributed by atoms with E-state index in [4.69, 9.17) is 0 Å². The summed E-state index contributed by atoms with van der Waals surface area (Å²) in [5.41, 5.74) is 2.05. The van der Waals surface area contributed by atoms with Gasteiger partial charge in [0.05, 0.1) is 5.75 Å². The second-order valence-corrected chi connectivity index (χ2v) is 7.80. The molecule has 0 aliphatic heterocycles. The first kappa shape index (κ1) is 19.4. The molecule has 0 unspecified atom stereocenters. The molecule has 7 heteroatoms. The Balaban J connectivity index is 1.55. The van der Waals surface area contributed by atoms with Crippen molar-refractivity contribution in [1.29, 1.82) is 0 Å². The van der Waals surface area contributed by atoms with E-state index in [1.807, 2.05) is 19.1 Å². The first-order valence-electron chi connectivity index (χ1n) is 8.29. The van der Waals surface area contributed by atoms with Gasteiger partial charge in [0.2, 0.25) is 5.91 Å². The minimum Gasteiger partial charge on any atom is -0.351 e. The summed E-state index contributed by atoms with van der Waals surface area (Å²) in [6.07, 6.45) is 3.27. The van der Waals surface area contributed by atoms with Gasteiger partial charge in [-0.2, -0.15) is 0 Å². The Morgan fingerprint density at radius 3 is 2.37 bits per heavy atom. The van der Waals surface area contributed by atoms with Crippen LogP contribution in [0, 0.1) is 12.7 Å². The molecule has 0 fully saturated rings. The van der Waals surface area contributed by atoms with Crippen molar-refractivity contribution in [1.82, 2.24) is 15.3 Å². The van der Waals surface area contributed by atoms with Crippen LogP contribution >= 0.6 is 23.5 Å². The second kappa shape index (κ2) is 9.53. The zero-order valence-corrected chi connectivity index (χ0v) is 16.3. The van der Waals surface area contributed by atoms with Crippen LogP contribution in [0.25, 0.3) is 0 Å². The van der Waals surface area contributed by atoms with Crippen molar-refractivity contribution < 1.29 is 9.18 Å². The van der Waals surface area contributed by atoms with Crippen LogP contribution in [0.5, 0.6) is 0 Å². The lowest BCUT2D eigenvalue weighted by Crippen LogP contribution is -2.24. The van der Waals surface area contributed by atoms with Crippen molar-refractivity contribution in [2.24, 2.45) is 0 Å². The van der Waals surface area contributed by atoms with Crippen molar-refractivity contribution in [3.63, 3.8) is 0 Å². The minimum atomic E-state index is -0.290. The monoisotopic (exact) mass is 399 g/mol. The van der Waals surface area contributed by atoms with E-state index >= 15 is 0 Å². The fraction of sp³-hybridized carbons (Fsp3) is 0.150. The van der Waals surface area contributed by atoms with Gasteiger partial charge in [-0.3, -0.25) is 4.79 Å². The lowest BCUT2D eigenvalue weighted by molar-refractivity contribution is -0.118. The Morgan fingerprint density at radius 2 is 1.67 bits per heavy atom. The molecule has 0 bridgehead atoms. The van der Waals surface area contributed by atoms with Gasteiger partial charge < -0.3 is 5.32 Å². The molecule has 0 atom stereocenters. The van der Waals surface area contributed by atoms with Crippen molar-refractivity contribution in [3.05, 3.63) is 77.9 Å². The van der Waals surface area contributed by atoms with Gasteiger partial charge in [-0.15, -0.1) is 0 Å². The van der Waals surface area contributed by atoms with Crippen LogP contribution in [0.1, 0.15) is 11.1 Å². The summed E-state index contributed by atoms with van der Waals surface area (Å²) in [6, 6.07) is 14.2. The molecule has 2 aromatic carbocycles. The molecule has 1 heterocycles. The van der Waals surface area contributed by atoms with Gasteiger partial charge in [-0.05, 0) is 36.8 Å². The van der Waals surface area contributed by atoms with Gasteiger partial charge >= 0.3 is 0 Å². The summed E-state index contributed by atoms with van der Waals surface area (Å²) in [6.45, 7) is 2.41. The molecule has 138 valence electrons. The van der Waals surface area contributed by atoms with Crippen LogP contribution in [0.3, 0.4) is 0 Å². The quantitative estimate of drug-likeness (QED) is 0.594. The Hall–Kier alpha value is -2.38. The van der Waals surface area contributed by atoms with Gasteiger partial charge in [0.25, 0.3) is 0 Å². The number of carbonyl (C=O) groups is 1. The molecule has 0 saturated heterocycles. The van der Waals surface area contributed by atoms with Gasteiger partial charge in [0.15, 0.2) is 0 Å². The molecule has 0 saturated carbocycles. The molecule has 0 aliphatic rings. The fourth-order valence-electron chi connectivity index (χ4n) is 2.19. The third-order valence-electron chi connectivity index (χ3n) is 3.61. The van der Waals surface area contributed by atoms with E-state index in [2.05, 4.69) is 27.4 Å². The highest BCUT2D eigenvalue weighted by Gasteiger charge is 2.10. The largest absolute Gasteiger partial charge is 0.351 e. The Labute approximate surface area is 166 Å². The number of nitrogens with zero attached hydrogens (tertiary/aromatic N) is 2. The number of amides is 1. The first-order valence-corrected chi connectivity index (χ1v) is 10.1. The van der Waals surface area contributed by atoms with E-state index in [0.29, 0.717) is 6.54 Å². The highest BCUT2D eigenvalue weighted by atomic mass is 32.2. The van der Waals surface area contributed by atoms with Crippen LogP contribution in [-0.4, -0.2) is 21.6 Å². The fourth-order valence-corrected chi connectivity index (χ4v) is 3.92. The standard InChI is InChI=1S/C20H18FN3OS2/c1-14-2-8-17(9-3-14)27-20-19(22-10-11-23-20)26-13-18(25)24-12-15-4-6-16(21)7-5-15/h2-11H,12-13H2,1H3,(H,24,25). The zero-order chi connectivity index (χ0) is 19.1. The maximum atomic E-state index is 12.9. The van der Waals surface area contributed by atoms with Crippen molar-refractivity contribution in [2.75, 3.05) is 5.75 Å². The molecule has 1 aromatic heterocycles. The average molecular weight is 400 g/mol. The van der Waals surface area contributed by atoms with Crippen LogP contribution in [-0.2, 0) is 11.3 Å². The number of rotatable bonds is 7. The van der Waals surface area contributed by atoms with E-state index in [9.17, 15) is 9.18 Å². The summed E-state index contributed by atoms with van der Waals surface area (Å²) >= 11 is 2.87. The number of aryl methyl sites for hydroxylation is 1. The highest BCUT2D eigenvalue weighted by Crippen LogP contribution is 2.32. The molecule has 0 spiro atoms. The Morgan fingerprint density at radius 1 is 1.00 bits per heavy atom. The molecule has 1 amide bonds. The molecular formula is C20H18FN3OS2. The topological polar surface area (TPSA) is 54.9 Å². The number of benzene rings is 2. The molecule has 0 radical (unpaired) electrons. The third-order valence-corrected chi connectivity index (χ3v) is 5.72. The first-order chi connectivity index (χ1) is 13.1. The van der Waals surface area contributed by atoms with Gasteiger partial charge in [0, 0.05) is 23.8 Å². The number of hydrogen-bond acceptors (Lipinski definition) is 5. The molecule has 4 nitrogen and oxygen atoms in total. The van der Waals surface area contributed by atoms with Gasteiger partial charge in [-0.1, -0.05) is 53.4 Å². The number of carbonyl (C=O) groups excluding carboxylic acids is 1. The Bertz CT molecular complexity index is 902. The smallest absolute Gasteiger partial charge is 0.230 e. The predicted octanol–water partition coefficient (Wildman–Crippen LogP) is 4.48. The molecule has 3 rings (SSSR count). The van der Waals surface area contributed by atoms with Crippen molar-refractivity contribution in [3.8, 4) is 0 Å². The number of halogens is 1. The highest BCUT2D eigenvalue weighted by molar-refractivity contribution is 8.02. The molecular weight excluding hydrogens is 381 g/mol. The summed E-state index contributed by atoms with van der Waals surface area (Å²) in [7, 11) is 0. The lowest BCUT2D eigenvalue weighted by atomic mass is 10.2. The zero-order valence-electron chi connectivity index (χ0n) is 14.7. The van der Waals surface area contributed by atoms with Gasteiger partial charge in [0.1, 0.15) is 15.9 Å². The number of hydrogen-bond donors (Lipinski definition) is 1. The Kier molecular flexibility index (Phi) is 6.84. The molecule has 0 aliphatic carbocycles. The van der Waals surface area contributed by atoms with Crippen LogP contribution in [0.4, 0.5) is 4.39 Å². The lowest BCUT2D eigenvalue weighted by Gasteiger charge is -2.08. The van der Waals surface area contributed by atoms with Crippen LogP contribution < -0.4 is 5.32 Å². The maximum absolute atomic E-state index is 12.9. The summed E-state index contributed by atoms with van der Waals surface area (Å²) in [4.78, 5) is 21.9. The number of nitrogens with one attached hydrogen (secondary N) is 1. The van der Waals surface area contributed by atoms with E-state index in [1.165, 1.54) is 41.2 Å². The van der Waals surface area contributed by atoms with E-state index in [-0.39, 0.29) is 17.5 Å². The van der Waals surface area contributed by atoms with Crippen molar-refractivity contribution in [2.45, 2.75) is 28.4 Å². The molecule has 27 heavy (non-hydrogen) atoms. The van der Waals surface area contributed by atoms with Gasteiger partial charge in [-0.25, -0.2) is 14.4 Å². The second-order valence-electron chi connectivity index (χ2n) is 5.77. The number of thioether (sulfide) groups is 1. The van der Waals surface area contributed by atoms with E-state index in [1.54, 1.807) is 24.5 Å². The molecule has 3 aromatic rings. The third kappa shape index (κ3) is 6.08. The average Bonchev–Trinajstić information content (AvgIpc) is 2.68. The molecule has 1 N–H and O–H groups in total. The summed E-state index contributed by atoms with van der Waals surface area (Å²) in [5, 5.41) is 4.32. The summed E-state index contributed by atoms with van der Waals surface area (Å²) in [5.74, 6) is -0.162. The number of aromatic nitrogens is 2. The maximum Gasteiger partial charge on any atom is 0.230 e. The minimum absolute atomic E-state index is 0.110. The SMILES string of the molecule is Cc1ccc(Sc2nccnc2SCC(=O)NCc2ccc(F)cc2)cc1. The van der Waals surface area contributed by atoms with Crippen molar-refractivity contribution >= 4 is 29.4 Å². The van der Waals surface area contributed by atoms with Crippen LogP contribution in [0.15, 0.2) is 75.9 Å².